The fraction of sp³-hybridized carbons (Fsp3) is 0.579. The van der Waals surface area contributed by atoms with Gasteiger partial charge in [-0.15, -0.1) is 0 Å². The van der Waals surface area contributed by atoms with Crippen LogP contribution >= 0.6 is 11.8 Å². The lowest BCUT2D eigenvalue weighted by molar-refractivity contribution is 0.0953. The summed E-state index contributed by atoms with van der Waals surface area (Å²) in [5, 5.41) is 6.60. The van der Waals surface area contributed by atoms with Crippen LogP contribution < -0.4 is 15.5 Å². The summed E-state index contributed by atoms with van der Waals surface area (Å²) in [7, 11) is 0. The predicted molar refractivity (Wildman–Crippen MR) is 103 cm³/mol. The molecule has 0 bridgehead atoms. The van der Waals surface area contributed by atoms with Gasteiger partial charge in [-0.25, -0.2) is 4.79 Å². The number of carbonyl (C=O) groups is 2. The van der Waals surface area contributed by atoms with Crippen LogP contribution in [0.15, 0.2) is 24.3 Å². The van der Waals surface area contributed by atoms with E-state index in [1.54, 1.807) is 17.0 Å². The zero-order valence-corrected chi connectivity index (χ0v) is 15.4. The molecule has 3 rings (SSSR count). The molecule has 136 valence electrons. The maximum atomic E-state index is 12.3. The van der Waals surface area contributed by atoms with Gasteiger partial charge < -0.3 is 10.6 Å². The first-order valence-corrected chi connectivity index (χ1v) is 10.3. The fourth-order valence-electron chi connectivity index (χ4n) is 3.39. The van der Waals surface area contributed by atoms with E-state index < -0.39 is 0 Å². The standard InChI is InChI=1S/C19H27N3O2S/c23-18(20-10-5-13-25-17-8-2-1-3-9-17)15-6-4-7-16(14-15)22-12-11-21-19(22)24/h4,6-7,14,17H,1-3,5,8-13H2,(H,20,23)(H,21,24). The van der Waals surface area contributed by atoms with Gasteiger partial charge in [0.1, 0.15) is 0 Å². The molecule has 1 heterocycles. The Balaban J connectivity index is 1.41. The molecular formula is C19H27N3O2S. The van der Waals surface area contributed by atoms with Crippen LogP contribution in [0.2, 0.25) is 0 Å². The number of thioether (sulfide) groups is 1. The molecule has 1 aliphatic carbocycles. The minimum Gasteiger partial charge on any atom is -0.352 e. The summed E-state index contributed by atoms with van der Waals surface area (Å²) in [6, 6.07) is 7.18. The van der Waals surface area contributed by atoms with Crippen LogP contribution in [0.4, 0.5) is 10.5 Å². The Morgan fingerprint density at radius 2 is 2.12 bits per heavy atom. The van der Waals surface area contributed by atoms with Gasteiger partial charge in [0.25, 0.3) is 5.91 Å². The Hall–Kier alpha value is -1.69. The fourth-order valence-corrected chi connectivity index (χ4v) is 4.70. The summed E-state index contributed by atoms with van der Waals surface area (Å²) in [5.74, 6) is 1.04. The topological polar surface area (TPSA) is 61.4 Å². The molecule has 1 saturated heterocycles. The second-order valence-corrected chi connectivity index (χ2v) is 8.08. The summed E-state index contributed by atoms with van der Waals surface area (Å²) in [6.07, 6.45) is 7.85. The number of nitrogens with zero attached hydrogens (tertiary/aromatic N) is 1. The molecule has 2 fully saturated rings. The number of benzene rings is 1. The van der Waals surface area contributed by atoms with Crippen molar-refractivity contribution in [2.24, 2.45) is 0 Å². The van der Waals surface area contributed by atoms with Crippen molar-refractivity contribution in [2.45, 2.75) is 43.8 Å². The van der Waals surface area contributed by atoms with E-state index in [2.05, 4.69) is 22.4 Å². The van der Waals surface area contributed by atoms with Gasteiger partial charge in [-0.3, -0.25) is 9.69 Å². The summed E-state index contributed by atoms with van der Waals surface area (Å²) in [6.45, 7) is 1.99. The zero-order chi connectivity index (χ0) is 17.5. The first-order valence-electron chi connectivity index (χ1n) is 9.29. The van der Waals surface area contributed by atoms with E-state index in [4.69, 9.17) is 0 Å². The molecule has 2 aliphatic rings. The minimum atomic E-state index is -0.0997. The molecule has 25 heavy (non-hydrogen) atoms. The van der Waals surface area contributed by atoms with Crippen LogP contribution in [0.3, 0.4) is 0 Å². The summed E-state index contributed by atoms with van der Waals surface area (Å²) in [4.78, 5) is 25.7. The lowest BCUT2D eigenvalue weighted by atomic mass is 10.0. The molecule has 1 aromatic rings. The highest BCUT2D eigenvalue weighted by Crippen LogP contribution is 2.28. The monoisotopic (exact) mass is 361 g/mol. The lowest BCUT2D eigenvalue weighted by Gasteiger charge is -2.20. The maximum Gasteiger partial charge on any atom is 0.321 e. The Morgan fingerprint density at radius 1 is 1.28 bits per heavy atom. The van der Waals surface area contributed by atoms with Gasteiger partial charge in [0, 0.05) is 36.1 Å². The highest BCUT2D eigenvalue weighted by molar-refractivity contribution is 7.99. The number of amides is 3. The number of carbonyl (C=O) groups excluding carboxylic acids is 2. The van der Waals surface area contributed by atoms with Crippen LogP contribution in [0.25, 0.3) is 0 Å². The summed E-state index contributed by atoms with van der Waals surface area (Å²) in [5.41, 5.74) is 1.38. The summed E-state index contributed by atoms with van der Waals surface area (Å²) < 4.78 is 0. The van der Waals surface area contributed by atoms with Crippen molar-refractivity contribution in [3.63, 3.8) is 0 Å². The molecule has 3 amide bonds. The van der Waals surface area contributed by atoms with E-state index in [1.165, 1.54) is 32.1 Å². The largest absolute Gasteiger partial charge is 0.352 e. The smallest absolute Gasteiger partial charge is 0.321 e. The zero-order valence-electron chi connectivity index (χ0n) is 14.6. The molecule has 1 saturated carbocycles. The van der Waals surface area contributed by atoms with Crippen molar-refractivity contribution < 1.29 is 9.59 Å². The van der Waals surface area contributed by atoms with Crippen molar-refractivity contribution in [2.75, 3.05) is 30.3 Å². The molecule has 1 aliphatic heterocycles. The van der Waals surface area contributed by atoms with Gasteiger partial charge in [0.2, 0.25) is 0 Å². The van der Waals surface area contributed by atoms with Gasteiger partial charge in [-0.2, -0.15) is 11.8 Å². The van der Waals surface area contributed by atoms with Gasteiger partial charge in [0.05, 0.1) is 0 Å². The Labute approximate surface area is 153 Å². The molecule has 0 atom stereocenters. The van der Waals surface area contributed by atoms with Crippen molar-refractivity contribution in [1.82, 2.24) is 10.6 Å². The predicted octanol–water partition coefficient (Wildman–Crippen LogP) is 3.40. The van der Waals surface area contributed by atoms with E-state index in [9.17, 15) is 9.59 Å². The molecule has 0 unspecified atom stereocenters. The SMILES string of the molecule is O=C(NCCCSC1CCCCC1)c1cccc(N2CCNC2=O)c1. The molecule has 6 heteroatoms. The van der Waals surface area contributed by atoms with E-state index in [0.29, 0.717) is 25.2 Å². The third-order valence-corrected chi connectivity index (χ3v) is 6.26. The number of rotatable bonds is 7. The molecule has 0 radical (unpaired) electrons. The Kier molecular flexibility index (Phi) is 6.62. The quantitative estimate of drug-likeness (QED) is 0.732. The Morgan fingerprint density at radius 3 is 2.88 bits per heavy atom. The van der Waals surface area contributed by atoms with Crippen LogP contribution in [0.1, 0.15) is 48.9 Å². The van der Waals surface area contributed by atoms with E-state index in [0.717, 1.165) is 23.1 Å². The van der Waals surface area contributed by atoms with Crippen molar-refractivity contribution in [1.29, 1.82) is 0 Å². The average Bonchev–Trinajstić information content (AvgIpc) is 3.08. The van der Waals surface area contributed by atoms with Crippen LogP contribution in [0, 0.1) is 0 Å². The molecule has 0 aromatic heterocycles. The van der Waals surface area contributed by atoms with Crippen molar-refractivity contribution in [3.8, 4) is 0 Å². The normalized spacial score (nSPS) is 18.2. The van der Waals surface area contributed by atoms with Gasteiger partial charge in [-0.05, 0) is 43.2 Å². The average molecular weight is 362 g/mol. The number of hydrogen-bond donors (Lipinski definition) is 2. The minimum absolute atomic E-state index is 0.0656. The Bertz CT molecular complexity index is 602. The molecule has 1 aromatic carbocycles. The maximum absolute atomic E-state index is 12.3. The van der Waals surface area contributed by atoms with Crippen molar-refractivity contribution >= 4 is 29.4 Å². The number of urea groups is 1. The van der Waals surface area contributed by atoms with E-state index in [-0.39, 0.29) is 11.9 Å². The lowest BCUT2D eigenvalue weighted by Crippen LogP contribution is -2.28. The van der Waals surface area contributed by atoms with E-state index >= 15 is 0 Å². The van der Waals surface area contributed by atoms with Gasteiger partial charge in [0.15, 0.2) is 0 Å². The molecule has 2 N–H and O–H groups in total. The summed E-state index contributed by atoms with van der Waals surface area (Å²) >= 11 is 2.06. The van der Waals surface area contributed by atoms with Crippen molar-refractivity contribution in [3.05, 3.63) is 29.8 Å². The third kappa shape index (κ3) is 5.14. The molecular weight excluding hydrogens is 334 g/mol. The van der Waals surface area contributed by atoms with Crippen LogP contribution in [-0.2, 0) is 0 Å². The molecule has 5 nitrogen and oxygen atoms in total. The second kappa shape index (κ2) is 9.13. The number of hydrogen-bond acceptors (Lipinski definition) is 3. The second-order valence-electron chi connectivity index (χ2n) is 6.67. The first-order chi connectivity index (χ1) is 12.2. The van der Waals surface area contributed by atoms with Crippen LogP contribution in [0.5, 0.6) is 0 Å². The first kappa shape index (κ1) is 18.1. The van der Waals surface area contributed by atoms with Gasteiger partial charge >= 0.3 is 6.03 Å². The highest BCUT2D eigenvalue weighted by Gasteiger charge is 2.21. The molecule has 0 spiro atoms. The number of nitrogens with one attached hydrogen (secondary N) is 2. The van der Waals surface area contributed by atoms with Crippen LogP contribution in [-0.4, -0.2) is 42.6 Å². The van der Waals surface area contributed by atoms with E-state index in [1.807, 2.05) is 12.1 Å². The third-order valence-electron chi connectivity index (χ3n) is 4.79. The highest BCUT2D eigenvalue weighted by atomic mass is 32.2. The number of anilines is 1. The van der Waals surface area contributed by atoms with Gasteiger partial charge in [-0.1, -0.05) is 25.3 Å².